The molecule has 36 heavy (non-hydrogen) atoms. The summed E-state index contributed by atoms with van der Waals surface area (Å²) in [5.41, 5.74) is 2.23. The van der Waals surface area contributed by atoms with Crippen LogP contribution in [0.3, 0.4) is 0 Å². The molecule has 2 aliphatic heterocycles. The quantitative estimate of drug-likeness (QED) is 0.588. The van der Waals surface area contributed by atoms with E-state index >= 15 is 0 Å². The predicted octanol–water partition coefficient (Wildman–Crippen LogP) is 4.01. The molecule has 2 amide bonds. The minimum atomic E-state index is -1.82. The van der Waals surface area contributed by atoms with Gasteiger partial charge in [0.15, 0.2) is 5.60 Å². The van der Waals surface area contributed by atoms with E-state index in [0.717, 1.165) is 31.6 Å². The first kappa shape index (κ1) is 23.2. The van der Waals surface area contributed by atoms with E-state index in [0.29, 0.717) is 5.56 Å². The lowest BCUT2D eigenvalue weighted by Gasteiger charge is -2.44. The highest BCUT2D eigenvalue weighted by Crippen LogP contribution is 2.53. The number of fused-ring (bicyclic) bond motifs is 1. The summed E-state index contributed by atoms with van der Waals surface area (Å²) in [5.74, 6) is -0.737. The second kappa shape index (κ2) is 8.15. The summed E-state index contributed by atoms with van der Waals surface area (Å²) in [6.07, 6.45) is 1.36. The van der Waals surface area contributed by atoms with Crippen LogP contribution in [-0.2, 0) is 20.6 Å². The summed E-state index contributed by atoms with van der Waals surface area (Å²) in [6.45, 7) is 6.42. The zero-order chi connectivity index (χ0) is 25.2. The van der Waals surface area contributed by atoms with Crippen molar-refractivity contribution in [2.75, 3.05) is 25.0 Å². The molecule has 1 fully saturated rings. The van der Waals surface area contributed by atoms with Crippen molar-refractivity contribution < 1.29 is 14.7 Å². The minimum Gasteiger partial charge on any atom is -0.375 e. The van der Waals surface area contributed by atoms with E-state index in [-0.39, 0.29) is 35.7 Å². The number of piperidine rings is 1. The van der Waals surface area contributed by atoms with Crippen LogP contribution in [0.4, 0.5) is 5.69 Å². The molecule has 2 heterocycles. The largest absolute Gasteiger partial charge is 0.375 e. The summed E-state index contributed by atoms with van der Waals surface area (Å²) in [7, 11) is 1.52. The minimum absolute atomic E-state index is 0.0140. The Morgan fingerprint density at radius 3 is 2.39 bits per heavy atom. The molecule has 0 bridgehead atoms. The van der Waals surface area contributed by atoms with Gasteiger partial charge in [-0.3, -0.25) is 14.5 Å². The lowest BCUT2D eigenvalue weighted by atomic mass is 9.80. The van der Waals surface area contributed by atoms with Gasteiger partial charge in [0.1, 0.15) is 0 Å². The summed E-state index contributed by atoms with van der Waals surface area (Å²) in [6, 6.07) is 20.9. The number of amides is 2. The molecule has 1 saturated heterocycles. The molecular weight excluding hydrogens is 450 g/mol. The van der Waals surface area contributed by atoms with Gasteiger partial charge in [0.25, 0.3) is 5.91 Å². The lowest BCUT2D eigenvalue weighted by Crippen LogP contribution is -2.52. The number of hydrogen-bond donors (Lipinski definition) is 2. The molecule has 3 aromatic rings. The summed E-state index contributed by atoms with van der Waals surface area (Å²) in [5, 5.41) is 16.7. The van der Waals surface area contributed by atoms with Crippen molar-refractivity contribution in [3.8, 4) is 0 Å². The molecule has 186 valence electrons. The Labute approximate surface area is 211 Å². The molecule has 2 atom stereocenters. The first-order chi connectivity index (χ1) is 17.3. The van der Waals surface area contributed by atoms with Crippen LogP contribution in [0.1, 0.15) is 55.8 Å². The van der Waals surface area contributed by atoms with Crippen LogP contribution in [0.5, 0.6) is 0 Å². The van der Waals surface area contributed by atoms with Gasteiger partial charge in [0.2, 0.25) is 5.91 Å². The number of carbonyl (C=O) groups is 2. The maximum absolute atomic E-state index is 13.6. The third-order valence-electron chi connectivity index (χ3n) is 8.72. The number of nitrogens with zero attached hydrogens (tertiary/aromatic N) is 2. The maximum atomic E-state index is 13.6. The second-order valence-corrected chi connectivity index (χ2v) is 11.0. The third-order valence-corrected chi connectivity index (χ3v) is 8.72. The fourth-order valence-electron chi connectivity index (χ4n) is 7.04. The van der Waals surface area contributed by atoms with Crippen LogP contribution in [0.25, 0.3) is 10.8 Å². The Bertz CT molecular complexity index is 1370. The molecule has 2 N–H and O–H groups in total. The number of hydrogen-bond acceptors (Lipinski definition) is 4. The van der Waals surface area contributed by atoms with Gasteiger partial charge in [0, 0.05) is 43.2 Å². The molecule has 6 rings (SSSR count). The van der Waals surface area contributed by atoms with Crippen molar-refractivity contribution in [1.29, 1.82) is 0 Å². The van der Waals surface area contributed by atoms with Crippen LogP contribution in [-0.4, -0.2) is 48.0 Å². The Morgan fingerprint density at radius 2 is 1.67 bits per heavy atom. The summed E-state index contributed by atoms with van der Waals surface area (Å²) < 4.78 is 0. The van der Waals surface area contributed by atoms with E-state index in [1.54, 1.807) is 11.0 Å². The molecule has 1 aliphatic carbocycles. The van der Waals surface area contributed by atoms with Crippen molar-refractivity contribution in [3.05, 3.63) is 77.4 Å². The maximum Gasteiger partial charge on any atom is 0.264 e. The standard InChI is InChI=1S/C30H33N3O3/c1-29(2)23-12-7-9-19-8-6-10-21(26(19)23)27(29)32-16-14-20(15-17-32)33-24-13-5-4-11-22(24)30(36,28(33)35)18-25(34)31-3/h4-13,20,27,36H,14-18H2,1-3H3,(H,31,34). The summed E-state index contributed by atoms with van der Waals surface area (Å²) in [4.78, 5) is 30.2. The molecular formula is C30H33N3O3. The van der Waals surface area contributed by atoms with Gasteiger partial charge in [-0.2, -0.15) is 0 Å². The number of aliphatic hydroxyl groups is 1. The lowest BCUT2D eigenvalue weighted by molar-refractivity contribution is -0.143. The fourth-order valence-corrected chi connectivity index (χ4v) is 7.04. The Kier molecular flexibility index (Phi) is 5.25. The Morgan fingerprint density at radius 1 is 1.00 bits per heavy atom. The average molecular weight is 484 g/mol. The van der Waals surface area contributed by atoms with Crippen LogP contribution < -0.4 is 10.2 Å². The highest BCUT2D eigenvalue weighted by molar-refractivity contribution is 6.09. The molecule has 0 radical (unpaired) electrons. The number of likely N-dealkylation sites (tertiary alicyclic amines) is 1. The van der Waals surface area contributed by atoms with Gasteiger partial charge in [-0.25, -0.2) is 0 Å². The van der Waals surface area contributed by atoms with E-state index < -0.39 is 5.60 Å². The predicted molar refractivity (Wildman–Crippen MR) is 141 cm³/mol. The third kappa shape index (κ3) is 3.17. The SMILES string of the molecule is CNC(=O)CC1(O)C(=O)N(C2CCN(C3c4cccc5cccc(c45)C3(C)C)CC2)c2ccccc21. The van der Waals surface area contributed by atoms with Crippen molar-refractivity contribution >= 4 is 28.3 Å². The average Bonchev–Trinajstić information content (AvgIpc) is 3.25. The Hall–Kier alpha value is -3.22. The van der Waals surface area contributed by atoms with Gasteiger partial charge in [-0.15, -0.1) is 0 Å². The monoisotopic (exact) mass is 483 g/mol. The van der Waals surface area contributed by atoms with Gasteiger partial charge < -0.3 is 15.3 Å². The highest BCUT2D eigenvalue weighted by atomic mass is 16.3. The number of carbonyl (C=O) groups excluding carboxylic acids is 2. The molecule has 6 heteroatoms. The van der Waals surface area contributed by atoms with Gasteiger partial charge in [-0.1, -0.05) is 68.4 Å². The van der Waals surface area contributed by atoms with E-state index in [2.05, 4.69) is 60.5 Å². The van der Waals surface area contributed by atoms with E-state index in [4.69, 9.17) is 0 Å². The van der Waals surface area contributed by atoms with Crippen molar-refractivity contribution in [1.82, 2.24) is 10.2 Å². The molecule has 0 saturated carbocycles. The van der Waals surface area contributed by atoms with E-state index in [9.17, 15) is 14.7 Å². The second-order valence-electron chi connectivity index (χ2n) is 11.0. The fraction of sp³-hybridized carbons (Fsp3) is 0.400. The van der Waals surface area contributed by atoms with Gasteiger partial charge in [-0.05, 0) is 40.8 Å². The zero-order valence-electron chi connectivity index (χ0n) is 21.1. The normalized spacial score (nSPS) is 25.4. The molecule has 3 aliphatic rings. The van der Waals surface area contributed by atoms with Crippen LogP contribution >= 0.6 is 0 Å². The van der Waals surface area contributed by atoms with Crippen LogP contribution in [0.15, 0.2) is 60.7 Å². The summed E-state index contributed by atoms with van der Waals surface area (Å²) >= 11 is 0. The number of para-hydroxylation sites is 1. The topological polar surface area (TPSA) is 72.9 Å². The molecule has 2 unspecified atom stereocenters. The molecule has 0 spiro atoms. The van der Waals surface area contributed by atoms with E-state index in [1.807, 2.05) is 18.2 Å². The van der Waals surface area contributed by atoms with Crippen LogP contribution in [0, 0.1) is 0 Å². The highest BCUT2D eigenvalue weighted by Gasteiger charge is 2.53. The molecule has 6 nitrogen and oxygen atoms in total. The van der Waals surface area contributed by atoms with Crippen molar-refractivity contribution in [3.63, 3.8) is 0 Å². The van der Waals surface area contributed by atoms with E-state index in [1.165, 1.54) is 28.9 Å². The number of benzene rings is 3. The molecule has 0 aromatic heterocycles. The molecule has 3 aromatic carbocycles. The van der Waals surface area contributed by atoms with Crippen molar-refractivity contribution in [2.45, 2.75) is 56.2 Å². The van der Waals surface area contributed by atoms with Gasteiger partial charge >= 0.3 is 0 Å². The smallest absolute Gasteiger partial charge is 0.264 e. The first-order valence-corrected chi connectivity index (χ1v) is 12.9. The Balaban J connectivity index is 1.27. The first-order valence-electron chi connectivity index (χ1n) is 12.9. The number of nitrogens with one attached hydrogen (secondary N) is 1. The zero-order valence-corrected chi connectivity index (χ0v) is 21.1. The van der Waals surface area contributed by atoms with Gasteiger partial charge in [0.05, 0.1) is 12.1 Å². The number of anilines is 1. The number of rotatable bonds is 4. The van der Waals surface area contributed by atoms with Crippen LogP contribution in [0.2, 0.25) is 0 Å². The van der Waals surface area contributed by atoms with Crippen molar-refractivity contribution in [2.24, 2.45) is 0 Å².